The van der Waals surface area contributed by atoms with Crippen LogP contribution in [0.2, 0.25) is 0 Å². The molecule has 1 aromatic rings. The van der Waals surface area contributed by atoms with Crippen LogP contribution in [-0.2, 0) is 16.0 Å². The molecule has 4 heteroatoms. The molecule has 0 spiro atoms. The monoisotopic (exact) mass is 278 g/mol. The van der Waals surface area contributed by atoms with E-state index in [0.717, 1.165) is 24.2 Å². The Balaban J connectivity index is 1.96. The van der Waals surface area contributed by atoms with Gasteiger partial charge in [-0.2, -0.15) is 0 Å². The Kier molecular flexibility index (Phi) is 5.01. The minimum absolute atomic E-state index is 0.0874. The van der Waals surface area contributed by atoms with Crippen LogP contribution in [-0.4, -0.2) is 30.4 Å². The number of methoxy groups -OCH3 is 1. The zero-order valence-corrected chi connectivity index (χ0v) is 12.0. The molecule has 1 aliphatic heterocycles. The molecule has 3 unspecified atom stereocenters. The number of carboxylic acids is 1. The Morgan fingerprint density at radius 1 is 1.40 bits per heavy atom. The van der Waals surface area contributed by atoms with Gasteiger partial charge in [0.2, 0.25) is 0 Å². The van der Waals surface area contributed by atoms with Gasteiger partial charge in [0, 0.05) is 0 Å². The van der Waals surface area contributed by atoms with Gasteiger partial charge in [0.15, 0.2) is 0 Å². The first kappa shape index (κ1) is 14.9. The topological polar surface area (TPSA) is 55.8 Å². The Labute approximate surface area is 119 Å². The summed E-state index contributed by atoms with van der Waals surface area (Å²) in [7, 11) is 1.62. The molecular formula is C16H22O4. The summed E-state index contributed by atoms with van der Waals surface area (Å²) in [5.41, 5.74) is 1.02. The van der Waals surface area contributed by atoms with Crippen LogP contribution in [0.4, 0.5) is 0 Å². The summed E-state index contributed by atoms with van der Waals surface area (Å²) in [6.45, 7) is 2.04. The van der Waals surface area contributed by atoms with Gasteiger partial charge < -0.3 is 14.6 Å². The summed E-state index contributed by atoms with van der Waals surface area (Å²) in [6.07, 6.45) is 3.46. The maximum absolute atomic E-state index is 11.4. The number of aliphatic carboxylic acids is 1. The van der Waals surface area contributed by atoms with Crippen LogP contribution in [0.3, 0.4) is 0 Å². The molecule has 0 saturated carbocycles. The molecule has 1 fully saturated rings. The fourth-order valence-electron chi connectivity index (χ4n) is 2.69. The summed E-state index contributed by atoms with van der Waals surface area (Å²) >= 11 is 0. The van der Waals surface area contributed by atoms with Crippen molar-refractivity contribution in [1.29, 1.82) is 0 Å². The van der Waals surface area contributed by atoms with Gasteiger partial charge in [0.05, 0.1) is 25.2 Å². The van der Waals surface area contributed by atoms with Crippen LogP contribution in [0.5, 0.6) is 5.75 Å². The van der Waals surface area contributed by atoms with Crippen molar-refractivity contribution in [3.05, 3.63) is 29.8 Å². The molecule has 1 heterocycles. The number of carboxylic acid groups (broad SMARTS) is 1. The molecule has 0 bridgehead atoms. The van der Waals surface area contributed by atoms with Crippen LogP contribution in [0.25, 0.3) is 0 Å². The predicted octanol–water partition coefficient (Wildman–Crippen LogP) is 2.90. The predicted molar refractivity (Wildman–Crippen MR) is 76.0 cm³/mol. The van der Waals surface area contributed by atoms with Crippen LogP contribution in [0.15, 0.2) is 24.3 Å². The van der Waals surface area contributed by atoms with Crippen molar-refractivity contribution in [3.63, 3.8) is 0 Å². The van der Waals surface area contributed by atoms with E-state index < -0.39 is 11.9 Å². The molecule has 3 atom stereocenters. The van der Waals surface area contributed by atoms with E-state index in [0.29, 0.717) is 12.8 Å². The zero-order chi connectivity index (χ0) is 14.5. The molecule has 1 aromatic carbocycles. The summed E-state index contributed by atoms with van der Waals surface area (Å²) < 4.78 is 10.8. The molecule has 0 amide bonds. The van der Waals surface area contributed by atoms with E-state index >= 15 is 0 Å². The lowest BCUT2D eigenvalue weighted by molar-refractivity contribution is -0.143. The van der Waals surface area contributed by atoms with Gasteiger partial charge in [-0.3, -0.25) is 4.79 Å². The first-order valence-electron chi connectivity index (χ1n) is 7.09. The Bertz CT molecular complexity index is 440. The highest BCUT2D eigenvalue weighted by Gasteiger charge is 2.28. The first-order chi connectivity index (χ1) is 9.58. The van der Waals surface area contributed by atoms with Crippen molar-refractivity contribution >= 4 is 5.97 Å². The molecule has 110 valence electrons. The third-order valence-electron chi connectivity index (χ3n) is 3.86. The number of hydrogen-bond acceptors (Lipinski definition) is 3. The highest BCUT2D eigenvalue weighted by Crippen LogP contribution is 2.26. The number of benzene rings is 1. The van der Waals surface area contributed by atoms with E-state index in [1.165, 1.54) is 0 Å². The highest BCUT2D eigenvalue weighted by molar-refractivity contribution is 5.70. The van der Waals surface area contributed by atoms with Gasteiger partial charge >= 0.3 is 5.97 Å². The minimum atomic E-state index is -0.746. The van der Waals surface area contributed by atoms with Crippen LogP contribution >= 0.6 is 0 Å². The van der Waals surface area contributed by atoms with E-state index in [1.54, 1.807) is 7.11 Å². The van der Waals surface area contributed by atoms with E-state index in [4.69, 9.17) is 9.47 Å². The third kappa shape index (κ3) is 3.97. The largest absolute Gasteiger partial charge is 0.497 e. The summed E-state index contributed by atoms with van der Waals surface area (Å²) in [4.78, 5) is 11.4. The van der Waals surface area contributed by atoms with Crippen molar-refractivity contribution < 1.29 is 19.4 Å². The quantitative estimate of drug-likeness (QED) is 0.869. The number of ether oxygens (including phenoxy) is 2. The van der Waals surface area contributed by atoms with Gasteiger partial charge in [0.1, 0.15) is 5.75 Å². The fourth-order valence-corrected chi connectivity index (χ4v) is 2.69. The third-order valence-corrected chi connectivity index (χ3v) is 3.86. The second-order valence-electron chi connectivity index (χ2n) is 5.47. The maximum atomic E-state index is 11.4. The Morgan fingerprint density at radius 2 is 2.10 bits per heavy atom. The van der Waals surface area contributed by atoms with Gasteiger partial charge in [-0.1, -0.05) is 12.1 Å². The van der Waals surface area contributed by atoms with Crippen molar-refractivity contribution in [3.8, 4) is 5.75 Å². The molecule has 0 radical (unpaired) electrons. The molecule has 0 aliphatic carbocycles. The number of rotatable bonds is 6. The van der Waals surface area contributed by atoms with E-state index in [9.17, 15) is 9.90 Å². The standard InChI is InChI=1S/C16H22O4/c1-11-3-6-15(20-11)10-13(16(17)18)9-12-4-7-14(19-2)8-5-12/h4-5,7-8,11,13,15H,3,6,9-10H2,1-2H3,(H,17,18). The van der Waals surface area contributed by atoms with Crippen molar-refractivity contribution in [2.24, 2.45) is 5.92 Å². The SMILES string of the molecule is COc1ccc(CC(CC2CCC(C)O2)C(=O)O)cc1. The van der Waals surface area contributed by atoms with Crippen LogP contribution in [0.1, 0.15) is 31.7 Å². The lowest BCUT2D eigenvalue weighted by Gasteiger charge is -2.17. The minimum Gasteiger partial charge on any atom is -0.497 e. The zero-order valence-electron chi connectivity index (χ0n) is 12.0. The normalized spacial score (nSPS) is 23.5. The second kappa shape index (κ2) is 6.75. The van der Waals surface area contributed by atoms with Gasteiger partial charge in [-0.25, -0.2) is 0 Å². The molecular weight excluding hydrogens is 256 g/mol. The summed E-state index contributed by atoms with van der Waals surface area (Å²) in [5, 5.41) is 9.38. The maximum Gasteiger partial charge on any atom is 0.306 e. The molecule has 2 rings (SSSR count). The van der Waals surface area contributed by atoms with E-state index in [2.05, 4.69) is 0 Å². The van der Waals surface area contributed by atoms with Crippen LogP contribution in [0, 0.1) is 5.92 Å². The smallest absolute Gasteiger partial charge is 0.306 e. The second-order valence-corrected chi connectivity index (χ2v) is 5.47. The lowest BCUT2D eigenvalue weighted by Crippen LogP contribution is -2.23. The number of carbonyl (C=O) groups is 1. The number of hydrogen-bond donors (Lipinski definition) is 1. The average molecular weight is 278 g/mol. The van der Waals surface area contributed by atoms with Crippen molar-refractivity contribution in [2.45, 2.75) is 44.8 Å². The fraction of sp³-hybridized carbons (Fsp3) is 0.562. The molecule has 0 aromatic heterocycles. The lowest BCUT2D eigenvalue weighted by atomic mass is 9.93. The highest BCUT2D eigenvalue weighted by atomic mass is 16.5. The van der Waals surface area contributed by atoms with Gasteiger partial charge in [-0.05, 0) is 50.3 Å². The summed E-state index contributed by atoms with van der Waals surface area (Å²) in [6, 6.07) is 7.57. The molecule has 20 heavy (non-hydrogen) atoms. The Morgan fingerprint density at radius 3 is 2.60 bits per heavy atom. The van der Waals surface area contributed by atoms with Crippen LogP contribution < -0.4 is 4.74 Å². The van der Waals surface area contributed by atoms with E-state index in [-0.39, 0.29) is 12.2 Å². The van der Waals surface area contributed by atoms with Crippen molar-refractivity contribution in [1.82, 2.24) is 0 Å². The molecule has 1 N–H and O–H groups in total. The average Bonchev–Trinajstić information content (AvgIpc) is 2.84. The molecule has 1 saturated heterocycles. The molecule has 1 aliphatic rings. The van der Waals surface area contributed by atoms with Gasteiger partial charge in [-0.15, -0.1) is 0 Å². The first-order valence-corrected chi connectivity index (χ1v) is 7.09. The molecule has 4 nitrogen and oxygen atoms in total. The van der Waals surface area contributed by atoms with Crippen molar-refractivity contribution in [2.75, 3.05) is 7.11 Å². The summed E-state index contributed by atoms with van der Waals surface area (Å²) in [5.74, 6) is -0.351. The van der Waals surface area contributed by atoms with Gasteiger partial charge in [0.25, 0.3) is 0 Å². The Hall–Kier alpha value is -1.55. The van der Waals surface area contributed by atoms with E-state index in [1.807, 2.05) is 31.2 Å².